The van der Waals surface area contributed by atoms with Crippen molar-refractivity contribution in [2.24, 2.45) is 0 Å². The molecule has 184 valence electrons. The van der Waals surface area contributed by atoms with Crippen LogP contribution in [-0.2, 0) is 9.84 Å². The Morgan fingerprint density at radius 1 is 1.09 bits per heavy atom. The van der Waals surface area contributed by atoms with Gasteiger partial charge in [-0.05, 0) is 68.1 Å². The van der Waals surface area contributed by atoms with E-state index in [2.05, 4.69) is 0 Å². The van der Waals surface area contributed by atoms with E-state index in [1.807, 2.05) is 20.8 Å². The third-order valence-corrected chi connectivity index (χ3v) is 8.68. The van der Waals surface area contributed by atoms with Gasteiger partial charge in [0.1, 0.15) is 5.58 Å². The zero-order valence-corrected chi connectivity index (χ0v) is 20.9. The van der Waals surface area contributed by atoms with Crippen molar-refractivity contribution in [3.8, 4) is 11.5 Å². The first-order chi connectivity index (χ1) is 16.6. The second kappa shape index (κ2) is 8.41. The van der Waals surface area contributed by atoms with Gasteiger partial charge in [-0.25, -0.2) is 8.42 Å². The Morgan fingerprint density at radius 2 is 1.83 bits per heavy atom. The predicted octanol–water partition coefficient (Wildman–Crippen LogP) is 3.55. The van der Waals surface area contributed by atoms with Crippen LogP contribution in [0.1, 0.15) is 52.2 Å². The molecule has 2 aliphatic rings. The Labute approximate surface area is 203 Å². The highest BCUT2D eigenvalue weighted by molar-refractivity contribution is 7.91. The van der Waals surface area contributed by atoms with Crippen LogP contribution in [0.3, 0.4) is 0 Å². The summed E-state index contributed by atoms with van der Waals surface area (Å²) in [5, 5.41) is 0.392. The van der Waals surface area contributed by atoms with Gasteiger partial charge in [0, 0.05) is 6.04 Å². The highest BCUT2D eigenvalue weighted by atomic mass is 32.2. The fourth-order valence-electron chi connectivity index (χ4n) is 5.07. The molecule has 3 heterocycles. The van der Waals surface area contributed by atoms with Crippen molar-refractivity contribution in [1.29, 1.82) is 0 Å². The first-order valence-electron chi connectivity index (χ1n) is 11.6. The summed E-state index contributed by atoms with van der Waals surface area (Å²) in [6, 6.07) is 7.42. The van der Waals surface area contributed by atoms with Gasteiger partial charge in [-0.3, -0.25) is 9.59 Å². The molecule has 1 amide bonds. The smallest absolute Gasteiger partial charge is 0.291 e. The summed E-state index contributed by atoms with van der Waals surface area (Å²) >= 11 is 0. The normalized spacial score (nSPS) is 20.9. The van der Waals surface area contributed by atoms with Gasteiger partial charge in [0.15, 0.2) is 26.8 Å². The lowest BCUT2D eigenvalue weighted by atomic mass is 9.96. The van der Waals surface area contributed by atoms with Crippen molar-refractivity contribution in [3.63, 3.8) is 0 Å². The molecule has 0 radical (unpaired) electrons. The number of amides is 1. The highest BCUT2D eigenvalue weighted by Crippen LogP contribution is 2.43. The van der Waals surface area contributed by atoms with E-state index in [-0.39, 0.29) is 28.3 Å². The fourth-order valence-corrected chi connectivity index (χ4v) is 6.78. The Morgan fingerprint density at radius 3 is 2.49 bits per heavy atom. The van der Waals surface area contributed by atoms with Crippen LogP contribution in [0.4, 0.5) is 0 Å². The van der Waals surface area contributed by atoms with Crippen LogP contribution in [0.2, 0.25) is 0 Å². The average molecular weight is 498 g/mol. The van der Waals surface area contributed by atoms with Gasteiger partial charge in [0.25, 0.3) is 5.91 Å². The van der Waals surface area contributed by atoms with E-state index in [0.717, 1.165) is 11.1 Å². The quantitative estimate of drug-likeness (QED) is 0.531. The summed E-state index contributed by atoms with van der Waals surface area (Å²) in [6.45, 7) is 6.13. The zero-order chi connectivity index (χ0) is 25.1. The van der Waals surface area contributed by atoms with Crippen molar-refractivity contribution in [1.82, 2.24) is 4.90 Å². The maximum absolute atomic E-state index is 13.8. The van der Waals surface area contributed by atoms with E-state index in [1.54, 1.807) is 30.3 Å². The largest absolute Gasteiger partial charge is 0.493 e. The van der Waals surface area contributed by atoms with Crippen molar-refractivity contribution in [2.45, 2.75) is 39.3 Å². The average Bonchev–Trinajstić information content (AvgIpc) is 3.32. The van der Waals surface area contributed by atoms with E-state index in [4.69, 9.17) is 13.9 Å². The summed E-state index contributed by atoms with van der Waals surface area (Å²) in [5.74, 6) is 0.336. The molecule has 8 nitrogen and oxygen atoms in total. The molecule has 1 aromatic heterocycles. The summed E-state index contributed by atoms with van der Waals surface area (Å²) in [7, 11) is -1.77. The number of nitrogens with zero attached hydrogens (tertiary/aromatic N) is 1. The van der Waals surface area contributed by atoms with E-state index in [0.29, 0.717) is 41.1 Å². The molecule has 0 bridgehead atoms. The van der Waals surface area contributed by atoms with Crippen molar-refractivity contribution in [3.05, 3.63) is 68.6 Å². The maximum Gasteiger partial charge on any atom is 0.291 e. The zero-order valence-electron chi connectivity index (χ0n) is 20.1. The second-order valence-electron chi connectivity index (χ2n) is 9.12. The minimum atomic E-state index is -3.28. The SMILES string of the molecule is CCOc1ccc(C2c3c(oc4cc(C)c(C)cc4c3=O)C(=O)N2C2CCS(=O)(=O)C2)cc1OC. The molecule has 2 aliphatic heterocycles. The fraction of sp³-hybridized carbons (Fsp3) is 0.385. The number of aryl methyl sites for hydroxylation is 2. The van der Waals surface area contributed by atoms with E-state index >= 15 is 0 Å². The minimum absolute atomic E-state index is 0.00114. The van der Waals surface area contributed by atoms with Crippen molar-refractivity contribution >= 4 is 26.7 Å². The van der Waals surface area contributed by atoms with Gasteiger partial charge in [-0.2, -0.15) is 0 Å². The summed E-state index contributed by atoms with van der Waals surface area (Å²) in [4.78, 5) is 29.0. The Kier molecular flexibility index (Phi) is 5.62. The van der Waals surface area contributed by atoms with Gasteiger partial charge >= 0.3 is 0 Å². The molecular formula is C26H27NO7S. The monoisotopic (exact) mass is 497 g/mol. The van der Waals surface area contributed by atoms with E-state index in [1.165, 1.54) is 12.0 Å². The van der Waals surface area contributed by atoms with E-state index in [9.17, 15) is 18.0 Å². The van der Waals surface area contributed by atoms with Gasteiger partial charge in [0.05, 0.1) is 42.2 Å². The standard InChI is InChI=1S/C26H27NO7S/c1-5-33-19-7-6-16(12-21(19)32-4)23-22-24(28)18-10-14(2)15(3)11-20(18)34-25(22)26(29)27(23)17-8-9-35(30,31)13-17/h6-7,10-12,17,23H,5,8-9,13H2,1-4H3. The van der Waals surface area contributed by atoms with Crippen LogP contribution in [0.25, 0.3) is 11.0 Å². The Balaban J connectivity index is 1.76. The van der Waals surface area contributed by atoms with Crippen LogP contribution in [0.5, 0.6) is 11.5 Å². The third-order valence-electron chi connectivity index (χ3n) is 6.93. The molecule has 1 fully saturated rings. The number of hydrogen-bond acceptors (Lipinski definition) is 7. The van der Waals surface area contributed by atoms with Crippen LogP contribution in [-0.4, -0.2) is 50.5 Å². The number of methoxy groups -OCH3 is 1. The lowest BCUT2D eigenvalue weighted by molar-refractivity contribution is 0.0662. The number of sulfone groups is 1. The van der Waals surface area contributed by atoms with Crippen molar-refractivity contribution < 1.29 is 27.1 Å². The van der Waals surface area contributed by atoms with Crippen LogP contribution >= 0.6 is 0 Å². The van der Waals surface area contributed by atoms with Gasteiger partial charge in [-0.15, -0.1) is 0 Å². The number of fused-ring (bicyclic) bond motifs is 2. The number of ether oxygens (including phenoxy) is 2. The minimum Gasteiger partial charge on any atom is -0.493 e. The molecule has 1 saturated heterocycles. The lowest BCUT2D eigenvalue weighted by Gasteiger charge is -2.30. The summed E-state index contributed by atoms with van der Waals surface area (Å²) in [5.41, 5.74) is 2.77. The van der Waals surface area contributed by atoms with Crippen LogP contribution < -0.4 is 14.9 Å². The Bertz CT molecular complexity index is 1520. The molecule has 0 spiro atoms. The predicted molar refractivity (Wildman–Crippen MR) is 131 cm³/mol. The molecule has 2 unspecified atom stereocenters. The molecular weight excluding hydrogens is 470 g/mol. The first-order valence-corrected chi connectivity index (χ1v) is 13.4. The number of carbonyl (C=O) groups excluding carboxylic acids is 1. The molecule has 0 saturated carbocycles. The molecule has 0 N–H and O–H groups in total. The summed E-state index contributed by atoms with van der Waals surface area (Å²) < 4.78 is 41.8. The van der Waals surface area contributed by atoms with Gasteiger partial charge in [0.2, 0.25) is 5.76 Å². The first kappa shape index (κ1) is 23.4. The number of carbonyl (C=O) groups is 1. The van der Waals surface area contributed by atoms with Crippen molar-refractivity contribution in [2.75, 3.05) is 25.2 Å². The van der Waals surface area contributed by atoms with Crippen LogP contribution in [0.15, 0.2) is 39.5 Å². The molecule has 5 rings (SSSR count). The molecule has 2 atom stereocenters. The van der Waals surface area contributed by atoms with Crippen LogP contribution in [0, 0.1) is 13.8 Å². The van der Waals surface area contributed by atoms with Gasteiger partial charge < -0.3 is 18.8 Å². The molecule has 0 aliphatic carbocycles. The van der Waals surface area contributed by atoms with E-state index < -0.39 is 27.8 Å². The number of hydrogen-bond donors (Lipinski definition) is 0. The third kappa shape index (κ3) is 3.78. The lowest BCUT2D eigenvalue weighted by Crippen LogP contribution is -2.40. The summed E-state index contributed by atoms with van der Waals surface area (Å²) in [6.07, 6.45) is 0.304. The Hall–Kier alpha value is -3.33. The molecule has 3 aromatic rings. The maximum atomic E-state index is 13.8. The van der Waals surface area contributed by atoms with Gasteiger partial charge in [-0.1, -0.05) is 6.07 Å². The second-order valence-corrected chi connectivity index (χ2v) is 11.4. The highest BCUT2D eigenvalue weighted by Gasteiger charge is 2.48. The topological polar surface area (TPSA) is 103 Å². The number of rotatable bonds is 5. The molecule has 9 heteroatoms. The number of benzene rings is 2. The molecule has 35 heavy (non-hydrogen) atoms. The molecule has 2 aromatic carbocycles.